The standard InChI is InChI=1S/C15H26O2Si/c1-8-10-14(17-13-16-4)15(2,3)11-9-12-18(5,6)7/h10,14H,1,11,13H2,2-7H3. The van der Waals surface area contributed by atoms with Gasteiger partial charge < -0.3 is 9.47 Å². The molecule has 3 heteroatoms. The van der Waals surface area contributed by atoms with Crippen molar-refractivity contribution < 1.29 is 9.47 Å². The van der Waals surface area contributed by atoms with Crippen molar-refractivity contribution in [1.29, 1.82) is 0 Å². The molecule has 0 aromatic carbocycles. The minimum absolute atomic E-state index is 0.0735. The van der Waals surface area contributed by atoms with Crippen molar-refractivity contribution in [2.75, 3.05) is 13.9 Å². The van der Waals surface area contributed by atoms with Crippen molar-refractivity contribution in [2.45, 2.75) is 46.0 Å². The predicted octanol–water partition coefficient (Wildman–Crippen LogP) is 3.61. The van der Waals surface area contributed by atoms with Gasteiger partial charge in [0.25, 0.3) is 0 Å². The fourth-order valence-corrected chi connectivity index (χ4v) is 2.00. The minimum atomic E-state index is -1.30. The minimum Gasteiger partial charge on any atom is -0.359 e. The molecule has 0 N–H and O–H groups in total. The van der Waals surface area contributed by atoms with Crippen LogP contribution in [0.15, 0.2) is 18.4 Å². The van der Waals surface area contributed by atoms with Crippen molar-refractivity contribution in [2.24, 2.45) is 5.41 Å². The molecule has 102 valence electrons. The number of hydrogen-bond acceptors (Lipinski definition) is 2. The van der Waals surface area contributed by atoms with Gasteiger partial charge in [-0.2, -0.15) is 0 Å². The van der Waals surface area contributed by atoms with E-state index in [0.717, 1.165) is 6.42 Å². The van der Waals surface area contributed by atoms with E-state index in [9.17, 15) is 0 Å². The van der Waals surface area contributed by atoms with Crippen LogP contribution in [0, 0.1) is 16.9 Å². The summed E-state index contributed by atoms with van der Waals surface area (Å²) in [6, 6.07) is 0. The van der Waals surface area contributed by atoms with E-state index >= 15 is 0 Å². The van der Waals surface area contributed by atoms with Crippen LogP contribution in [0.1, 0.15) is 20.3 Å². The van der Waals surface area contributed by atoms with Crippen LogP contribution >= 0.6 is 0 Å². The van der Waals surface area contributed by atoms with Gasteiger partial charge >= 0.3 is 0 Å². The number of hydrogen-bond donors (Lipinski definition) is 0. The van der Waals surface area contributed by atoms with E-state index in [1.54, 1.807) is 7.11 Å². The molecule has 1 unspecified atom stereocenters. The maximum Gasteiger partial charge on any atom is 0.147 e. The summed E-state index contributed by atoms with van der Waals surface area (Å²) in [6.07, 6.45) is 2.56. The van der Waals surface area contributed by atoms with Crippen LogP contribution in [0.5, 0.6) is 0 Å². The summed E-state index contributed by atoms with van der Waals surface area (Å²) in [5, 5.41) is 0. The first kappa shape index (κ1) is 17.2. The van der Waals surface area contributed by atoms with E-state index in [2.05, 4.69) is 57.3 Å². The molecule has 0 rings (SSSR count). The van der Waals surface area contributed by atoms with Crippen molar-refractivity contribution >= 4 is 8.07 Å². The third kappa shape index (κ3) is 7.52. The van der Waals surface area contributed by atoms with Crippen LogP contribution in [-0.2, 0) is 9.47 Å². The van der Waals surface area contributed by atoms with Gasteiger partial charge in [-0.25, -0.2) is 0 Å². The quantitative estimate of drug-likeness (QED) is 0.316. The highest BCUT2D eigenvalue weighted by atomic mass is 28.3. The van der Waals surface area contributed by atoms with Gasteiger partial charge in [-0.3, -0.25) is 0 Å². The summed E-state index contributed by atoms with van der Waals surface area (Å²) in [7, 11) is 0.317. The molecule has 0 aliphatic heterocycles. The maximum atomic E-state index is 5.64. The van der Waals surface area contributed by atoms with Gasteiger partial charge in [0.05, 0.1) is 6.10 Å². The van der Waals surface area contributed by atoms with Gasteiger partial charge in [-0.1, -0.05) is 40.1 Å². The third-order valence-corrected chi connectivity index (χ3v) is 3.34. The zero-order valence-electron chi connectivity index (χ0n) is 12.6. The number of methoxy groups -OCH3 is 1. The van der Waals surface area contributed by atoms with Crippen LogP contribution < -0.4 is 0 Å². The first-order valence-electron chi connectivity index (χ1n) is 6.19. The largest absolute Gasteiger partial charge is 0.359 e. The summed E-state index contributed by atoms with van der Waals surface area (Å²) in [5.74, 6) is 3.30. The van der Waals surface area contributed by atoms with Crippen molar-refractivity contribution in [3.63, 3.8) is 0 Å². The van der Waals surface area contributed by atoms with Crippen molar-refractivity contribution in [3.05, 3.63) is 18.4 Å². The van der Waals surface area contributed by atoms with E-state index in [-0.39, 0.29) is 18.3 Å². The lowest BCUT2D eigenvalue weighted by molar-refractivity contribution is -0.0899. The van der Waals surface area contributed by atoms with Crippen molar-refractivity contribution in [3.8, 4) is 11.5 Å². The fraction of sp³-hybridized carbons (Fsp3) is 0.667. The molecule has 2 nitrogen and oxygen atoms in total. The van der Waals surface area contributed by atoms with E-state index in [1.165, 1.54) is 0 Å². The Bertz CT molecular complexity index is 349. The number of rotatable bonds is 6. The summed E-state index contributed by atoms with van der Waals surface area (Å²) >= 11 is 0. The SMILES string of the molecule is C=C=CC(OCOC)C(C)(C)CC#C[Si](C)(C)C. The molecule has 0 amide bonds. The Kier molecular flexibility index (Phi) is 7.28. The second-order valence-corrected chi connectivity index (χ2v) is 10.8. The van der Waals surface area contributed by atoms with E-state index in [4.69, 9.17) is 9.47 Å². The molecule has 0 aromatic heterocycles. The van der Waals surface area contributed by atoms with E-state index in [1.807, 2.05) is 6.08 Å². The first-order chi connectivity index (χ1) is 8.23. The molecule has 0 fully saturated rings. The highest BCUT2D eigenvalue weighted by molar-refractivity contribution is 6.83. The topological polar surface area (TPSA) is 18.5 Å². The molecule has 0 aliphatic rings. The van der Waals surface area contributed by atoms with Crippen LogP contribution in [0.4, 0.5) is 0 Å². The zero-order chi connectivity index (χ0) is 14.2. The smallest absolute Gasteiger partial charge is 0.147 e. The van der Waals surface area contributed by atoms with Gasteiger partial charge in [-0.15, -0.1) is 17.2 Å². The van der Waals surface area contributed by atoms with Gasteiger partial charge in [0.15, 0.2) is 0 Å². The third-order valence-electron chi connectivity index (χ3n) is 2.41. The molecule has 0 heterocycles. The fourth-order valence-electron chi connectivity index (χ4n) is 1.39. The lowest BCUT2D eigenvalue weighted by atomic mass is 9.83. The molecule has 1 atom stereocenters. The number of ether oxygens (including phenoxy) is 2. The lowest BCUT2D eigenvalue weighted by Crippen LogP contribution is -2.31. The highest BCUT2D eigenvalue weighted by Gasteiger charge is 2.27. The Labute approximate surface area is 113 Å². The maximum absolute atomic E-state index is 5.64. The molecule has 0 bridgehead atoms. The molecule has 0 radical (unpaired) electrons. The zero-order valence-corrected chi connectivity index (χ0v) is 13.6. The van der Waals surface area contributed by atoms with Gasteiger partial charge in [0.1, 0.15) is 14.9 Å². The highest BCUT2D eigenvalue weighted by Crippen LogP contribution is 2.28. The molecule has 0 spiro atoms. The Balaban J connectivity index is 4.72. The average molecular weight is 266 g/mol. The molecule has 18 heavy (non-hydrogen) atoms. The first-order valence-corrected chi connectivity index (χ1v) is 9.69. The van der Waals surface area contributed by atoms with Gasteiger partial charge in [0.2, 0.25) is 0 Å². The van der Waals surface area contributed by atoms with Crippen LogP contribution in [0.25, 0.3) is 0 Å². The molecule has 0 aliphatic carbocycles. The Morgan fingerprint density at radius 2 is 1.94 bits per heavy atom. The van der Waals surface area contributed by atoms with E-state index in [0.29, 0.717) is 0 Å². The molecule has 0 saturated heterocycles. The normalized spacial score (nSPS) is 13.2. The molecular weight excluding hydrogens is 240 g/mol. The Hall–Kier alpha value is -0.783. The summed E-state index contributed by atoms with van der Waals surface area (Å²) < 4.78 is 10.6. The van der Waals surface area contributed by atoms with Crippen LogP contribution in [0.2, 0.25) is 19.6 Å². The van der Waals surface area contributed by atoms with Crippen LogP contribution in [0.3, 0.4) is 0 Å². The summed E-state index contributed by atoms with van der Waals surface area (Å²) in [6.45, 7) is 14.9. The Morgan fingerprint density at radius 1 is 1.33 bits per heavy atom. The van der Waals surface area contributed by atoms with Crippen LogP contribution in [-0.4, -0.2) is 28.1 Å². The lowest BCUT2D eigenvalue weighted by Gasteiger charge is -2.30. The van der Waals surface area contributed by atoms with E-state index < -0.39 is 8.07 Å². The van der Waals surface area contributed by atoms with Crippen molar-refractivity contribution in [1.82, 2.24) is 0 Å². The van der Waals surface area contributed by atoms with Gasteiger partial charge in [0, 0.05) is 18.9 Å². The average Bonchev–Trinajstić information content (AvgIpc) is 2.21. The molecule has 0 aromatic rings. The second kappa shape index (κ2) is 7.61. The Morgan fingerprint density at radius 3 is 2.39 bits per heavy atom. The second-order valence-electron chi connectivity index (χ2n) is 6.08. The summed E-state index contributed by atoms with van der Waals surface area (Å²) in [4.78, 5) is 0. The predicted molar refractivity (Wildman–Crippen MR) is 80.0 cm³/mol. The molecular formula is C15H26O2Si. The monoisotopic (exact) mass is 266 g/mol. The summed E-state index contributed by atoms with van der Waals surface area (Å²) in [5.41, 5.74) is 6.10. The molecule has 0 saturated carbocycles. The van der Waals surface area contributed by atoms with Gasteiger partial charge in [-0.05, 0) is 6.08 Å².